The van der Waals surface area contributed by atoms with Crippen molar-refractivity contribution >= 4 is 0 Å². The summed E-state index contributed by atoms with van der Waals surface area (Å²) in [5, 5.41) is 52.1. The molecule has 5 N–H and O–H groups in total. The molecule has 0 bridgehead atoms. The second-order valence-corrected chi connectivity index (χ2v) is 8.96. The Labute approximate surface area is 168 Å². The van der Waals surface area contributed by atoms with E-state index in [9.17, 15) is 25.5 Å². The number of nitrogens with zero attached hydrogens (tertiary/aromatic N) is 1. The van der Waals surface area contributed by atoms with Crippen molar-refractivity contribution in [2.75, 3.05) is 14.1 Å². The van der Waals surface area contributed by atoms with Crippen LogP contribution in [-0.4, -0.2) is 81.3 Å². The molecule has 28 heavy (non-hydrogen) atoms. The molecule has 2 rings (SSSR count). The Hall–Kier alpha value is -0.700. The smallest absolute Gasteiger partial charge is 0.181 e. The molecule has 0 amide bonds. The first-order chi connectivity index (χ1) is 13.1. The quantitative estimate of drug-likeness (QED) is 0.453. The van der Waals surface area contributed by atoms with Gasteiger partial charge in [0.25, 0.3) is 0 Å². The van der Waals surface area contributed by atoms with E-state index in [-0.39, 0.29) is 29.7 Å². The van der Waals surface area contributed by atoms with Crippen molar-refractivity contribution < 1.29 is 30.3 Å². The maximum absolute atomic E-state index is 10.8. The standard InChI is InChI=1S/C21H39NO6/c1-12-8-9-17(24)20(26)16(23)7-5-6-14-10-15(22(3)4)11-18(25)19(14)21(27)28-13(12)2/h12-17,20-21,23-27H,5-11H2,1-4H3/t12-,13+,14?,15?,16+,17?,20+,21?/m1/s1. The third-order valence-electron chi connectivity index (χ3n) is 6.66. The van der Waals surface area contributed by atoms with Crippen LogP contribution in [0.2, 0.25) is 0 Å². The van der Waals surface area contributed by atoms with E-state index < -0.39 is 24.6 Å². The second kappa shape index (κ2) is 10.4. The topological polar surface area (TPSA) is 114 Å². The Balaban J connectivity index is 2.25. The van der Waals surface area contributed by atoms with Crippen molar-refractivity contribution in [1.29, 1.82) is 0 Å². The molecule has 0 aromatic heterocycles. The van der Waals surface area contributed by atoms with Gasteiger partial charge in [0, 0.05) is 18.0 Å². The zero-order chi connectivity index (χ0) is 21.0. The molecule has 1 saturated heterocycles. The van der Waals surface area contributed by atoms with Gasteiger partial charge in [0.05, 0.1) is 24.1 Å². The SMILES string of the molecule is C[C@@H]1CCC(O)[C@@H](O)[C@@H](O)CCCC2CC(N(C)C)CC(O)=C2C(O)O[C@H]1C. The molecule has 0 saturated carbocycles. The van der Waals surface area contributed by atoms with E-state index in [0.29, 0.717) is 44.1 Å². The minimum absolute atomic E-state index is 0.0379. The van der Waals surface area contributed by atoms with Crippen molar-refractivity contribution in [3.8, 4) is 0 Å². The van der Waals surface area contributed by atoms with Gasteiger partial charge in [-0.15, -0.1) is 0 Å². The first-order valence-corrected chi connectivity index (χ1v) is 10.6. The van der Waals surface area contributed by atoms with Gasteiger partial charge in [-0.05, 0) is 65.0 Å². The number of hydrogen-bond acceptors (Lipinski definition) is 7. The van der Waals surface area contributed by atoms with Crippen molar-refractivity contribution in [2.24, 2.45) is 11.8 Å². The molecule has 0 aromatic rings. The molecule has 8 atom stereocenters. The predicted molar refractivity (Wildman–Crippen MR) is 107 cm³/mol. The van der Waals surface area contributed by atoms with E-state index >= 15 is 0 Å². The molecule has 1 fully saturated rings. The van der Waals surface area contributed by atoms with Gasteiger partial charge in [0.1, 0.15) is 6.10 Å². The van der Waals surface area contributed by atoms with Crippen molar-refractivity contribution in [3.05, 3.63) is 11.3 Å². The lowest BCUT2D eigenvalue weighted by molar-refractivity contribution is -0.132. The Morgan fingerprint density at radius 3 is 2.21 bits per heavy atom. The van der Waals surface area contributed by atoms with Crippen LogP contribution in [0, 0.1) is 11.8 Å². The maximum atomic E-state index is 10.8. The number of rotatable bonds is 1. The highest BCUT2D eigenvalue weighted by Crippen LogP contribution is 2.37. The summed E-state index contributed by atoms with van der Waals surface area (Å²) in [5.41, 5.74) is 0.560. The van der Waals surface area contributed by atoms with Gasteiger partial charge in [-0.3, -0.25) is 0 Å². The van der Waals surface area contributed by atoms with Gasteiger partial charge in [0.2, 0.25) is 0 Å². The van der Waals surface area contributed by atoms with Crippen LogP contribution in [0.25, 0.3) is 0 Å². The Morgan fingerprint density at radius 1 is 0.929 bits per heavy atom. The Bertz CT molecular complexity index is 525. The average Bonchev–Trinajstić information content (AvgIpc) is 2.63. The summed E-state index contributed by atoms with van der Waals surface area (Å²) in [4.78, 5) is 2.07. The lowest BCUT2D eigenvalue weighted by Crippen LogP contribution is -2.40. The Morgan fingerprint density at radius 2 is 1.57 bits per heavy atom. The normalized spacial score (nSPS) is 42.2. The van der Waals surface area contributed by atoms with E-state index in [4.69, 9.17) is 4.74 Å². The minimum Gasteiger partial charge on any atom is -0.512 e. The third-order valence-corrected chi connectivity index (χ3v) is 6.66. The first-order valence-electron chi connectivity index (χ1n) is 10.6. The highest BCUT2D eigenvalue weighted by molar-refractivity contribution is 5.19. The van der Waals surface area contributed by atoms with Gasteiger partial charge in [-0.1, -0.05) is 13.3 Å². The number of hydrogen-bond donors (Lipinski definition) is 5. The highest BCUT2D eigenvalue weighted by Gasteiger charge is 2.36. The van der Waals surface area contributed by atoms with Crippen LogP contribution in [0.5, 0.6) is 0 Å². The molecule has 0 aromatic carbocycles. The molecule has 0 radical (unpaired) electrons. The van der Waals surface area contributed by atoms with E-state index in [1.807, 2.05) is 27.9 Å². The largest absolute Gasteiger partial charge is 0.512 e. The van der Waals surface area contributed by atoms with Crippen LogP contribution < -0.4 is 0 Å². The number of ether oxygens (including phenoxy) is 1. The summed E-state index contributed by atoms with van der Waals surface area (Å²) in [6, 6.07) is 0.175. The molecule has 2 aliphatic rings. The summed E-state index contributed by atoms with van der Waals surface area (Å²) in [6.45, 7) is 3.84. The fourth-order valence-electron chi connectivity index (χ4n) is 4.38. The highest BCUT2D eigenvalue weighted by atomic mass is 16.6. The summed E-state index contributed by atoms with van der Waals surface area (Å²) in [6.07, 6.45) is -0.715. The minimum atomic E-state index is -1.17. The zero-order valence-corrected chi connectivity index (χ0v) is 17.7. The molecule has 7 nitrogen and oxygen atoms in total. The van der Waals surface area contributed by atoms with E-state index in [0.717, 1.165) is 6.42 Å². The zero-order valence-electron chi connectivity index (χ0n) is 17.7. The van der Waals surface area contributed by atoms with Crippen LogP contribution in [-0.2, 0) is 4.74 Å². The van der Waals surface area contributed by atoms with E-state index in [1.54, 1.807) is 0 Å². The van der Waals surface area contributed by atoms with Gasteiger partial charge in [-0.2, -0.15) is 0 Å². The predicted octanol–water partition coefficient (Wildman–Crippen LogP) is 1.55. The molecule has 1 aliphatic heterocycles. The van der Waals surface area contributed by atoms with E-state index in [2.05, 4.69) is 4.90 Å². The van der Waals surface area contributed by atoms with Crippen LogP contribution in [0.3, 0.4) is 0 Å². The molecular weight excluding hydrogens is 362 g/mol. The number of aliphatic hydroxyl groups excluding tert-OH is 5. The third kappa shape index (κ3) is 5.90. The molecule has 164 valence electrons. The van der Waals surface area contributed by atoms with E-state index in [1.165, 1.54) is 0 Å². The summed E-state index contributed by atoms with van der Waals surface area (Å²) in [7, 11) is 3.95. The van der Waals surface area contributed by atoms with Crippen LogP contribution in [0.1, 0.15) is 58.8 Å². The van der Waals surface area contributed by atoms with Crippen LogP contribution >= 0.6 is 0 Å². The fraction of sp³-hybridized carbons (Fsp3) is 0.905. The summed E-state index contributed by atoms with van der Waals surface area (Å²) in [5.74, 6) is 0.178. The second-order valence-electron chi connectivity index (χ2n) is 8.96. The lowest BCUT2D eigenvalue weighted by atomic mass is 9.79. The molecule has 7 heteroatoms. The molecule has 1 heterocycles. The van der Waals surface area contributed by atoms with Crippen LogP contribution in [0.15, 0.2) is 11.3 Å². The monoisotopic (exact) mass is 401 g/mol. The first kappa shape index (κ1) is 23.6. The Kier molecular flexibility index (Phi) is 8.73. The summed E-state index contributed by atoms with van der Waals surface area (Å²) < 4.78 is 5.86. The number of aliphatic hydroxyl groups is 5. The fourth-order valence-corrected chi connectivity index (χ4v) is 4.38. The van der Waals surface area contributed by atoms with Gasteiger partial charge >= 0.3 is 0 Å². The van der Waals surface area contributed by atoms with Crippen molar-refractivity contribution in [3.63, 3.8) is 0 Å². The number of fused-ring (bicyclic) bond motifs is 1. The molecular formula is C21H39NO6. The lowest BCUT2D eigenvalue weighted by Gasteiger charge is -2.38. The van der Waals surface area contributed by atoms with Crippen molar-refractivity contribution in [1.82, 2.24) is 4.90 Å². The van der Waals surface area contributed by atoms with Gasteiger partial charge in [-0.25, -0.2) is 0 Å². The average molecular weight is 402 g/mol. The summed E-state index contributed by atoms with van der Waals surface area (Å²) >= 11 is 0. The van der Waals surface area contributed by atoms with Crippen molar-refractivity contribution in [2.45, 2.75) is 95.5 Å². The van der Waals surface area contributed by atoms with Gasteiger partial charge < -0.3 is 35.2 Å². The molecule has 0 spiro atoms. The molecule has 4 unspecified atom stereocenters. The van der Waals surface area contributed by atoms with Crippen LogP contribution in [0.4, 0.5) is 0 Å². The maximum Gasteiger partial charge on any atom is 0.181 e. The van der Waals surface area contributed by atoms with Gasteiger partial charge in [0.15, 0.2) is 6.29 Å². The molecule has 1 aliphatic carbocycles.